The van der Waals surface area contributed by atoms with Crippen LogP contribution in [0.4, 0.5) is 23.2 Å². The molecule has 0 saturated carbocycles. The highest BCUT2D eigenvalue weighted by Gasteiger charge is 2.36. The maximum absolute atomic E-state index is 13.8. The zero-order valence-electron chi connectivity index (χ0n) is 13.6. The molecule has 0 aromatic heterocycles. The topological polar surface area (TPSA) is 23.6 Å². The smallest absolute Gasteiger partial charge is 0.367 e. The molecule has 1 aliphatic heterocycles. The summed E-state index contributed by atoms with van der Waals surface area (Å²) < 4.78 is 53.6. The first-order valence-corrected chi connectivity index (χ1v) is 8.30. The van der Waals surface area contributed by atoms with Gasteiger partial charge >= 0.3 is 6.18 Å². The molecule has 0 radical (unpaired) electrons. The van der Waals surface area contributed by atoms with E-state index in [0.29, 0.717) is 0 Å². The van der Waals surface area contributed by atoms with E-state index in [-0.39, 0.29) is 42.5 Å². The fourth-order valence-electron chi connectivity index (χ4n) is 2.97. The molecular weight excluding hydrogens is 372 g/mol. The van der Waals surface area contributed by atoms with Crippen molar-refractivity contribution in [3.63, 3.8) is 0 Å². The molecule has 2 aromatic rings. The Kier molecular flexibility index (Phi) is 5.09. The Balaban J connectivity index is 1.75. The van der Waals surface area contributed by atoms with Crippen molar-refractivity contribution >= 4 is 23.2 Å². The predicted octanol–water partition coefficient (Wildman–Crippen LogP) is 4.46. The van der Waals surface area contributed by atoms with Crippen molar-refractivity contribution < 1.29 is 22.4 Å². The predicted molar refractivity (Wildman–Crippen MR) is 91.0 cm³/mol. The molecule has 1 amide bonds. The number of benzene rings is 2. The molecule has 0 unspecified atom stereocenters. The molecule has 0 atom stereocenters. The van der Waals surface area contributed by atoms with Gasteiger partial charge < -0.3 is 9.80 Å². The molecule has 26 heavy (non-hydrogen) atoms. The lowest BCUT2D eigenvalue weighted by Gasteiger charge is -2.37. The van der Waals surface area contributed by atoms with Gasteiger partial charge in [-0.1, -0.05) is 23.7 Å². The number of anilines is 1. The molecule has 138 valence electrons. The Morgan fingerprint density at radius 2 is 1.65 bits per heavy atom. The fourth-order valence-corrected chi connectivity index (χ4v) is 3.14. The second kappa shape index (κ2) is 7.15. The lowest BCUT2D eigenvalue weighted by molar-refractivity contribution is -0.137. The van der Waals surface area contributed by atoms with Crippen LogP contribution in [0.3, 0.4) is 0 Å². The summed E-state index contributed by atoms with van der Waals surface area (Å²) in [5.41, 5.74) is -0.817. The van der Waals surface area contributed by atoms with Crippen molar-refractivity contribution in [1.82, 2.24) is 4.90 Å². The van der Waals surface area contributed by atoms with E-state index in [4.69, 9.17) is 11.6 Å². The van der Waals surface area contributed by atoms with Gasteiger partial charge in [0.05, 0.1) is 11.1 Å². The molecule has 1 aliphatic rings. The molecule has 0 spiro atoms. The number of hydrogen-bond donors (Lipinski definition) is 0. The standard InChI is InChI=1S/C18H15ClF4N2O/c19-12-5-6-16(14(11-12)18(21,22)23)24-7-9-25(10-8-24)17(26)13-3-1-2-4-15(13)20/h1-6,11H,7-10H2. The first kappa shape index (κ1) is 18.5. The van der Waals surface area contributed by atoms with E-state index >= 15 is 0 Å². The van der Waals surface area contributed by atoms with Gasteiger partial charge in [0.1, 0.15) is 5.82 Å². The van der Waals surface area contributed by atoms with Gasteiger partial charge in [0.2, 0.25) is 0 Å². The van der Waals surface area contributed by atoms with Crippen molar-refractivity contribution in [2.45, 2.75) is 6.18 Å². The number of piperazine rings is 1. The zero-order chi connectivity index (χ0) is 18.9. The lowest BCUT2D eigenvalue weighted by Crippen LogP contribution is -2.49. The van der Waals surface area contributed by atoms with Gasteiger partial charge in [0.25, 0.3) is 5.91 Å². The normalized spacial score (nSPS) is 15.3. The Bertz CT molecular complexity index is 817. The van der Waals surface area contributed by atoms with Crippen LogP contribution in [0.5, 0.6) is 0 Å². The second-order valence-corrected chi connectivity index (χ2v) is 6.35. The monoisotopic (exact) mass is 386 g/mol. The summed E-state index contributed by atoms with van der Waals surface area (Å²) in [5, 5.41) is 0.00874. The van der Waals surface area contributed by atoms with Crippen molar-refractivity contribution in [1.29, 1.82) is 0 Å². The SMILES string of the molecule is O=C(c1ccccc1F)N1CCN(c2ccc(Cl)cc2C(F)(F)F)CC1. The molecule has 2 aromatic carbocycles. The van der Waals surface area contributed by atoms with Crippen molar-refractivity contribution in [2.24, 2.45) is 0 Å². The van der Waals surface area contributed by atoms with E-state index in [1.807, 2.05) is 0 Å². The summed E-state index contributed by atoms with van der Waals surface area (Å²) in [6.07, 6.45) is -4.53. The third-order valence-electron chi connectivity index (χ3n) is 4.28. The molecule has 3 rings (SSSR count). The zero-order valence-corrected chi connectivity index (χ0v) is 14.3. The summed E-state index contributed by atoms with van der Waals surface area (Å²) in [6, 6.07) is 9.28. The highest BCUT2D eigenvalue weighted by molar-refractivity contribution is 6.30. The number of hydrogen-bond acceptors (Lipinski definition) is 2. The number of halogens is 5. The molecular formula is C18H15ClF4N2O. The van der Waals surface area contributed by atoms with Crippen LogP contribution in [0.15, 0.2) is 42.5 Å². The van der Waals surface area contributed by atoms with E-state index in [9.17, 15) is 22.4 Å². The Hall–Kier alpha value is -2.28. The summed E-state index contributed by atoms with van der Waals surface area (Å²) in [6.45, 7) is 0.829. The van der Waals surface area contributed by atoms with Gasteiger partial charge in [0, 0.05) is 36.9 Å². The van der Waals surface area contributed by atoms with Crippen LogP contribution in [0, 0.1) is 5.82 Å². The number of amides is 1. The van der Waals surface area contributed by atoms with E-state index < -0.39 is 23.5 Å². The Labute approximate surface area is 152 Å². The van der Waals surface area contributed by atoms with Gasteiger partial charge in [-0.15, -0.1) is 0 Å². The minimum atomic E-state index is -4.53. The minimum Gasteiger partial charge on any atom is -0.367 e. The number of alkyl halides is 3. The van der Waals surface area contributed by atoms with Gasteiger partial charge in [0.15, 0.2) is 0 Å². The lowest BCUT2D eigenvalue weighted by atomic mass is 10.1. The largest absolute Gasteiger partial charge is 0.418 e. The number of rotatable bonds is 2. The molecule has 3 nitrogen and oxygen atoms in total. The fraction of sp³-hybridized carbons (Fsp3) is 0.278. The van der Waals surface area contributed by atoms with Gasteiger partial charge in [-0.05, 0) is 30.3 Å². The van der Waals surface area contributed by atoms with Gasteiger partial charge in [-0.3, -0.25) is 4.79 Å². The van der Waals surface area contributed by atoms with E-state index in [1.54, 1.807) is 11.0 Å². The van der Waals surface area contributed by atoms with Crippen LogP contribution in [-0.4, -0.2) is 37.0 Å². The summed E-state index contributed by atoms with van der Waals surface area (Å²) in [7, 11) is 0. The van der Waals surface area contributed by atoms with Crippen molar-refractivity contribution in [3.8, 4) is 0 Å². The Morgan fingerprint density at radius 3 is 2.27 bits per heavy atom. The van der Waals surface area contributed by atoms with E-state index in [1.165, 1.54) is 35.2 Å². The third-order valence-corrected chi connectivity index (χ3v) is 4.51. The Morgan fingerprint density at radius 1 is 1.00 bits per heavy atom. The average molecular weight is 387 g/mol. The number of carbonyl (C=O) groups excluding carboxylic acids is 1. The van der Waals surface area contributed by atoms with Crippen LogP contribution in [0.1, 0.15) is 15.9 Å². The number of carbonyl (C=O) groups is 1. The number of nitrogens with zero attached hydrogens (tertiary/aromatic N) is 2. The maximum Gasteiger partial charge on any atom is 0.418 e. The average Bonchev–Trinajstić information content (AvgIpc) is 2.61. The quantitative estimate of drug-likeness (QED) is 0.711. The maximum atomic E-state index is 13.8. The highest BCUT2D eigenvalue weighted by atomic mass is 35.5. The molecule has 0 aliphatic carbocycles. The van der Waals surface area contributed by atoms with E-state index in [0.717, 1.165) is 6.07 Å². The third kappa shape index (κ3) is 3.77. The summed E-state index contributed by atoms with van der Waals surface area (Å²) >= 11 is 5.70. The first-order valence-electron chi connectivity index (χ1n) is 7.93. The first-order chi connectivity index (χ1) is 12.3. The van der Waals surface area contributed by atoms with E-state index in [2.05, 4.69) is 0 Å². The summed E-state index contributed by atoms with van der Waals surface area (Å²) in [5.74, 6) is -1.08. The van der Waals surface area contributed by atoms with Crippen LogP contribution in [-0.2, 0) is 6.18 Å². The summed E-state index contributed by atoms with van der Waals surface area (Å²) in [4.78, 5) is 15.4. The highest BCUT2D eigenvalue weighted by Crippen LogP contribution is 2.38. The van der Waals surface area contributed by atoms with Crippen LogP contribution < -0.4 is 4.90 Å². The van der Waals surface area contributed by atoms with Gasteiger partial charge in [-0.2, -0.15) is 13.2 Å². The molecule has 8 heteroatoms. The molecule has 1 heterocycles. The molecule has 1 saturated heterocycles. The second-order valence-electron chi connectivity index (χ2n) is 5.92. The van der Waals surface area contributed by atoms with Crippen LogP contribution in [0.25, 0.3) is 0 Å². The minimum absolute atomic E-state index is 0.00874. The molecule has 0 bridgehead atoms. The van der Waals surface area contributed by atoms with Crippen LogP contribution >= 0.6 is 11.6 Å². The van der Waals surface area contributed by atoms with Gasteiger partial charge in [-0.25, -0.2) is 4.39 Å². The molecule has 0 N–H and O–H groups in total. The van der Waals surface area contributed by atoms with Crippen molar-refractivity contribution in [2.75, 3.05) is 31.1 Å². The van der Waals surface area contributed by atoms with Crippen LogP contribution in [0.2, 0.25) is 5.02 Å². The molecule has 1 fully saturated rings. The van der Waals surface area contributed by atoms with Crippen molar-refractivity contribution in [3.05, 3.63) is 64.4 Å².